The molecular formula is C19H22N2O4S2. The van der Waals surface area contributed by atoms with Crippen molar-refractivity contribution >= 4 is 33.3 Å². The number of anilines is 1. The fourth-order valence-corrected chi connectivity index (χ4v) is 4.73. The quantitative estimate of drug-likeness (QED) is 0.733. The topological polar surface area (TPSA) is 70.1 Å². The van der Waals surface area contributed by atoms with Crippen LogP contribution in [-0.2, 0) is 10.1 Å². The summed E-state index contributed by atoms with van der Waals surface area (Å²) in [4.78, 5) is 4.24. The van der Waals surface area contributed by atoms with Gasteiger partial charge in [0.1, 0.15) is 5.75 Å². The smallest absolute Gasteiger partial charge is 0.294 e. The minimum Gasteiger partial charge on any atom is -0.497 e. The molecule has 27 heavy (non-hydrogen) atoms. The average molecular weight is 407 g/mol. The molecule has 1 aliphatic rings. The predicted molar refractivity (Wildman–Crippen MR) is 109 cm³/mol. The summed E-state index contributed by atoms with van der Waals surface area (Å²) in [5.41, 5.74) is 3.10. The molecule has 0 bridgehead atoms. The first-order chi connectivity index (χ1) is 12.8. The largest absolute Gasteiger partial charge is 0.497 e. The van der Waals surface area contributed by atoms with Crippen molar-refractivity contribution in [2.24, 2.45) is 0 Å². The van der Waals surface area contributed by atoms with Gasteiger partial charge in [0.25, 0.3) is 10.1 Å². The fraction of sp³-hybridized carbons (Fsp3) is 0.263. The lowest BCUT2D eigenvalue weighted by Gasteiger charge is -2.35. The molecule has 0 spiro atoms. The van der Waals surface area contributed by atoms with E-state index in [9.17, 15) is 8.42 Å². The molecule has 0 saturated carbocycles. The average Bonchev–Trinajstić information content (AvgIpc) is 3.11. The zero-order valence-electron chi connectivity index (χ0n) is 15.4. The second-order valence-corrected chi connectivity index (χ2v) is 8.41. The molecule has 1 heterocycles. The Bertz CT molecular complexity index is 942. The molecule has 1 unspecified atom stereocenters. The summed E-state index contributed by atoms with van der Waals surface area (Å²) in [5.74, 6) is 0.812. The Balaban J connectivity index is 1.83. The maximum absolute atomic E-state index is 11.2. The van der Waals surface area contributed by atoms with Gasteiger partial charge in [0.05, 0.1) is 17.7 Å². The summed E-state index contributed by atoms with van der Waals surface area (Å²) in [6.07, 6.45) is 0. The highest BCUT2D eigenvalue weighted by Gasteiger charge is 2.30. The molecule has 1 aliphatic heterocycles. The van der Waals surface area contributed by atoms with Crippen molar-refractivity contribution in [2.45, 2.75) is 17.3 Å². The van der Waals surface area contributed by atoms with Crippen LogP contribution in [0.3, 0.4) is 0 Å². The monoisotopic (exact) mass is 406 g/mol. The van der Waals surface area contributed by atoms with Gasteiger partial charge in [0, 0.05) is 24.8 Å². The molecule has 0 amide bonds. The summed E-state index contributed by atoms with van der Waals surface area (Å²) >= 11 is 1.69. The number of rotatable bonds is 6. The van der Waals surface area contributed by atoms with E-state index < -0.39 is 10.1 Å². The fourth-order valence-electron chi connectivity index (χ4n) is 3.01. The normalized spacial score (nSPS) is 17.0. The third-order valence-electron chi connectivity index (χ3n) is 4.46. The van der Waals surface area contributed by atoms with Gasteiger partial charge in [-0.1, -0.05) is 23.9 Å². The van der Waals surface area contributed by atoms with Gasteiger partial charge in [-0.3, -0.25) is 4.55 Å². The molecule has 144 valence electrons. The number of methoxy groups -OCH3 is 1. The van der Waals surface area contributed by atoms with E-state index in [1.54, 1.807) is 31.0 Å². The highest BCUT2D eigenvalue weighted by Crippen LogP contribution is 2.39. The lowest BCUT2D eigenvalue weighted by atomic mass is 10.1. The van der Waals surface area contributed by atoms with Crippen LogP contribution >= 0.6 is 11.8 Å². The van der Waals surface area contributed by atoms with Gasteiger partial charge >= 0.3 is 0 Å². The van der Waals surface area contributed by atoms with E-state index in [1.165, 1.54) is 12.1 Å². The Morgan fingerprint density at radius 3 is 2.52 bits per heavy atom. The molecule has 3 rings (SSSR count). The highest BCUT2D eigenvalue weighted by atomic mass is 32.2. The van der Waals surface area contributed by atoms with Crippen LogP contribution < -0.4 is 9.64 Å². The van der Waals surface area contributed by atoms with Crippen molar-refractivity contribution in [3.05, 3.63) is 59.5 Å². The summed E-state index contributed by atoms with van der Waals surface area (Å²) in [6.45, 7) is 2.91. The van der Waals surface area contributed by atoms with Gasteiger partial charge < -0.3 is 14.5 Å². The summed E-state index contributed by atoms with van der Waals surface area (Å²) in [6, 6.07) is 14.2. The second kappa shape index (κ2) is 7.84. The zero-order chi connectivity index (χ0) is 19.6. The number of ether oxygens (including phenoxy) is 1. The Kier molecular flexibility index (Phi) is 5.69. The summed E-state index contributed by atoms with van der Waals surface area (Å²) in [5, 5.41) is 2.13. The molecule has 6 nitrogen and oxygen atoms in total. The molecule has 2 aromatic carbocycles. The molecule has 0 fully saturated rings. The minimum atomic E-state index is -4.19. The molecule has 1 N–H and O–H groups in total. The molecular weight excluding hydrogens is 384 g/mol. The SMILES string of the molecule is CCN1C(c2cccc(OC)c2)=CSC1N(C)c1ccc(S(=O)(=O)O)cc1. The van der Waals surface area contributed by atoms with Crippen LogP contribution in [0.5, 0.6) is 5.75 Å². The molecule has 0 saturated heterocycles. The summed E-state index contributed by atoms with van der Waals surface area (Å²) < 4.78 is 36.9. The number of benzene rings is 2. The van der Waals surface area contributed by atoms with Gasteiger partial charge in [-0.15, -0.1) is 0 Å². The zero-order valence-corrected chi connectivity index (χ0v) is 17.0. The van der Waals surface area contributed by atoms with Crippen molar-refractivity contribution in [3.63, 3.8) is 0 Å². The number of thioether (sulfide) groups is 1. The van der Waals surface area contributed by atoms with E-state index in [4.69, 9.17) is 9.29 Å². The van der Waals surface area contributed by atoms with E-state index in [0.717, 1.165) is 29.2 Å². The first-order valence-corrected chi connectivity index (χ1v) is 10.8. The van der Waals surface area contributed by atoms with Crippen molar-refractivity contribution in [3.8, 4) is 5.75 Å². The number of nitrogens with zero attached hydrogens (tertiary/aromatic N) is 2. The van der Waals surface area contributed by atoms with E-state index in [-0.39, 0.29) is 10.4 Å². The van der Waals surface area contributed by atoms with Crippen molar-refractivity contribution < 1.29 is 17.7 Å². The van der Waals surface area contributed by atoms with Gasteiger partial charge in [-0.2, -0.15) is 8.42 Å². The molecule has 0 radical (unpaired) electrons. The molecule has 2 aromatic rings. The van der Waals surface area contributed by atoms with Crippen molar-refractivity contribution in [2.75, 3.05) is 25.6 Å². The maximum atomic E-state index is 11.2. The highest BCUT2D eigenvalue weighted by molar-refractivity contribution is 8.03. The van der Waals surface area contributed by atoms with Crippen LogP contribution in [0, 0.1) is 0 Å². The maximum Gasteiger partial charge on any atom is 0.294 e. The van der Waals surface area contributed by atoms with Crippen molar-refractivity contribution in [1.29, 1.82) is 0 Å². The Morgan fingerprint density at radius 1 is 1.22 bits per heavy atom. The van der Waals surface area contributed by atoms with Gasteiger partial charge in [0.15, 0.2) is 5.50 Å². The van der Waals surface area contributed by atoms with Crippen LogP contribution in [0.2, 0.25) is 0 Å². The number of hydrogen-bond donors (Lipinski definition) is 1. The Hall–Kier alpha value is -2.16. The van der Waals surface area contributed by atoms with Gasteiger partial charge in [0.2, 0.25) is 0 Å². The minimum absolute atomic E-state index is 0.0350. The van der Waals surface area contributed by atoms with Crippen LogP contribution in [0.15, 0.2) is 58.8 Å². The molecule has 8 heteroatoms. The van der Waals surface area contributed by atoms with E-state index in [2.05, 4.69) is 28.2 Å². The van der Waals surface area contributed by atoms with E-state index in [1.807, 2.05) is 25.2 Å². The lowest BCUT2D eigenvalue weighted by molar-refractivity contribution is 0.395. The Labute approximate surface area is 164 Å². The van der Waals surface area contributed by atoms with Crippen molar-refractivity contribution in [1.82, 2.24) is 4.90 Å². The summed E-state index contributed by atoms with van der Waals surface area (Å²) in [7, 11) is -0.570. The van der Waals surface area contributed by atoms with Gasteiger partial charge in [-0.25, -0.2) is 0 Å². The Morgan fingerprint density at radius 2 is 1.93 bits per heavy atom. The van der Waals surface area contributed by atoms with Crippen LogP contribution in [0.25, 0.3) is 5.70 Å². The third kappa shape index (κ3) is 4.07. The molecule has 0 aliphatic carbocycles. The van der Waals surface area contributed by atoms with E-state index in [0.29, 0.717) is 0 Å². The van der Waals surface area contributed by atoms with Crippen LogP contribution in [0.4, 0.5) is 5.69 Å². The lowest BCUT2D eigenvalue weighted by Crippen LogP contribution is -2.40. The predicted octanol–water partition coefficient (Wildman–Crippen LogP) is 3.73. The van der Waals surface area contributed by atoms with Crippen LogP contribution in [0.1, 0.15) is 12.5 Å². The van der Waals surface area contributed by atoms with E-state index >= 15 is 0 Å². The third-order valence-corrected chi connectivity index (χ3v) is 6.50. The van der Waals surface area contributed by atoms with Gasteiger partial charge in [-0.05, 0) is 48.7 Å². The number of hydrogen-bond acceptors (Lipinski definition) is 6. The standard InChI is InChI=1S/C19H22N2O4S2/c1-4-21-18(14-6-5-7-16(12-14)25-3)13-26-19(21)20(2)15-8-10-17(11-9-15)27(22,23)24/h5-13,19H,4H2,1-3H3,(H,22,23,24). The molecule has 1 atom stereocenters. The first kappa shape index (κ1) is 19.6. The van der Waals surface area contributed by atoms with Crippen LogP contribution in [-0.4, -0.2) is 44.1 Å². The first-order valence-electron chi connectivity index (χ1n) is 8.42. The molecule has 0 aromatic heterocycles. The second-order valence-electron chi connectivity index (χ2n) is 6.06.